The van der Waals surface area contributed by atoms with E-state index in [4.69, 9.17) is 18.6 Å². The summed E-state index contributed by atoms with van der Waals surface area (Å²) in [5, 5.41) is 13.3. The first-order chi connectivity index (χ1) is 17.4. The standard InChI is InChI=1S/C27H27N3O6/c1-15-6-9-23(34-4)22(10-15)30-27-20(12-19-17(14-31)13-28-16(2)25(19)36-27)26(32)29-21-8-7-18(33-3)11-24(21)35-5/h6-13,31H,14H2,1-5H3,(H,29,32). The summed E-state index contributed by atoms with van der Waals surface area (Å²) in [4.78, 5) is 22.5. The van der Waals surface area contributed by atoms with Gasteiger partial charge in [0, 0.05) is 23.2 Å². The number of rotatable bonds is 7. The second kappa shape index (κ2) is 10.5. The number of ether oxygens (including phenoxy) is 3. The van der Waals surface area contributed by atoms with Gasteiger partial charge in [-0.2, -0.15) is 0 Å². The van der Waals surface area contributed by atoms with Gasteiger partial charge in [0.05, 0.1) is 39.3 Å². The molecular formula is C27H27N3O6. The van der Waals surface area contributed by atoms with Gasteiger partial charge in [0.2, 0.25) is 5.55 Å². The lowest BCUT2D eigenvalue weighted by Gasteiger charge is -2.13. The number of benzene rings is 2. The zero-order chi connectivity index (χ0) is 25.8. The van der Waals surface area contributed by atoms with Crippen molar-refractivity contribution in [2.24, 2.45) is 4.99 Å². The zero-order valence-electron chi connectivity index (χ0n) is 20.7. The van der Waals surface area contributed by atoms with Gasteiger partial charge < -0.3 is 29.1 Å². The lowest BCUT2D eigenvalue weighted by molar-refractivity contribution is 0.102. The van der Waals surface area contributed by atoms with E-state index in [9.17, 15) is 9.90 Å². The van der Waals surface area contributed by atoms with Gasteiger partial charge in [-0.25, -0.2) is 4.99 Å². The highest BCUT2D eigenvalue weighted by molar-refractivity contribution is 6.06. The number of nitrogens with one attached hydrogen (secondary N) is 1. The van der Waals surface area contributed by atoms with Gasteiger partial charge in [0.1, 0.15) is 28.5 Å². The number of anilines is 1. The number of carbonyl (C=O) groups excluding carboxylic acids is 1. The molecule has 4 aromatic rings. The first kappa shape index (κ1) is 24.7. The van der Waals surface area contributed by atoms with E-state index in [0.717, 1.165) is 5.56 Å². The Morgan fingerprint density at radius 3 is 2.50 bits per heavy atom. The molecule has 0 unspecified atom stereocenters. The van der Waals surface area contributed by atoms with Crippen molar-refractivity contribution >= 4 is 28.3 Å². The molecule has 0 spiro atoms. The van der Waals surface area contributed by atoms with Gasteiger partial charge in [-0.05, 0) is 49.7 Å². The van der Waals surface area contributed by atoms with Crippen molar-refractivity contribution in [3.05, 3.63) is 76.6 Å². The molecule has 2 N–H and O–H groups in total. The molecule has 2 aromatic carbocycles. The monoisotopic (exact) mass is 489 g/mol. The highest BCUT2D eigenvalue weighted by Gasteiger charge is 2.18. The smallest absolute Gasteiger partial charge is 0.261 e. The van der Waals surface area contributed by atoms with Crippen molar-refractivity contribution in [2.75, 3.05) is 26.6 Å². The van der Waals surface area contributed by atoms with Crippen molar-refractivity contribution in [2.45, 2.75) is 20.5 Å². The maximum atomic E-state index is 13.6. The fraction of sp³-hybridized carbons (Fsp3) is 0.222. The van der Waals surface area contributed by atoms with Crippen LogP contribution in [0.1, 0.15) is 27.2 Å². The Bertz CT molecular complexity index is 1510. The van der Waals surface area contributed by atoms with Gasteiger partial charge >= 0.3 is 0 Å². The molecule has 0 atom stereocenters. The lowest BCUT2D eigenvalue weighted by atomic mass is 10.1. The van der Waals surface area contributed by atoms with Crippen molar-refractivity contribution in [3.8, 4) is 17.2 Å². The average molecular weight is 490 g/mol. The minimum atomic E-state index is -0.479. The van der Waals surface area contributed by atoms with Crippen molar-refractivity contribution in [1.29, 1.82) is 0 Å². The molecule has 36 heavy (non-hydrogen) atoms. The predicted octanol–water partition coefficient (Wildman–Crippen LogP) is 4.45. The Balaban J connectivity index is 1.94. The van der Waals surface area contributed by atoms with Gasteiger partial charge in [-0.3, -0.25) is 9.78 Å². The maximum absolute atomic E-state index is 13.6. The SMILES string of the molecule is COc1ccc(NC(=O)c2cc3c(CO)cnc(C)c3oc2=Nc2cc(C)ccc2OC)c(OC)c1. The summed E-state index contributed by atoms with van der Waals surface area (Å²) >= 11 is 0. The van der Waals surface area contributed by atoms with Crippen LogP contribution in [0.15, 0.2) is 58.1 Å². The van der Waals surface area contributed by atoms with E-state index in [1.165, 1.54) is 7.11 Å². The number of amides is 1. The molecule has 2 heterocycles. The molecule has 0 bridgehead atoms. The number of hydrogen-bond acceptors (Lipinski definition) is 8. The van der Waals surface area contributed by atoms with Crippen LogP contribution in [0.4, 0.5) is 11.4 Å². The fourth-order valence-electron chi connectivity index (χ4n) is 3.75. The number of hydrogen-bond donors (Lipinski definition) is 2. The van der Waals surface area contributed by atoms with Gasteiger partial charge in [0.25, 0.3) is 5.91 Å². The number of fused-ring (bicyclic) bond motifs is 1. The Morgan fingerprint density at radius 1 is 1.03 bits per heavy atom. The van der Waals surface area contributed by atoms with Crippen LogP contribution in [0.3, 0.4) is 0 Å². The number of aryl methyl sites for hydroxylation is 2. The normalized spacial score (nSPS) is 11.4. The molecule has 0 saturated heterocycles. The number of aliphatic hydroxyl groups excluding tert-OH is 1. The van der Waals surface area contributed by atoms with E-state index < -0.39 is 5.91 Å². The molecule has 0 radical (unpaired) electrons. The van der Waals surface area contributed by atoms with Crippen LogP contribution in [-0.4, -0.2) is 37.3 Å². The Kier molecular flexibility index (Phi) is 7.21. The highest BCUT2D eigenvalue weighted by Crippen LogP contribution is 2.31. The van der Waals surface area contributed by atoms with Crippen molar-refractivity contribution < 1.29 is 28.5 Å². The van der Waals surface area contributed by atoms with Crippen LogP contribution in [0, 0.1) is 13.8 Å². The summed E-state index contributed by atoms with van der Waals surface area (Å²) in [6, 6.07) is 12.2. The summed E-state index contributed by atoms with van der Waals surface area (Å²) in [6.45, 7) is 3.45. The van der Waals surface area contributed by atoms with Crippen LogP contribution < -0.4 is 25.1 Å². The van der Waals surface area contributed by atoms with Crippen LogP contribution in [-0.2, 0) is 6.61 Å². The summed E-state index contributed by atoms with van der Waals surface area (Å²) in [7, 11) is 4.60. The Labute approximate surface area is 208 Å². The quantitative estimate of drug-likeness (QED) is 0.394. The summed E-state index contributed by atoms with van der Waals surface area (Å²) in [6.07, 6.45) is 1.56. The second-order valence-corrected chi connectivity index (χ2v) is 8.04. The summed E-state index contributed by atoms with van der Waals surface area (Å²) in [5.74, 6) is 1.06. The van der Waals surface area contributed by atoms with Crippen LogP contribution >= 0.6 is 0 Å². The van der Waals surface area contributed by atoms with Gasteiger partial charge in [-0.1, -0.05) is 6.07 Å². The lowest BCUT2D eigenvalue weighted by Crippen LogP contribution is -2.22. The zero-order valence-corrected chi connectivity index (χ0v) is 20.7. The average Bonchev–Trinajstić information content (AvgIpc) is 2.89. The molecule has 0 saturated carbocycles. The highest BCUT2D eigenvalue weighted by atomic mass is 16.5. The molecular weight excluding hydrogens is 462 g/mol. The number of carbonyl (C=O) groups is 1. The molecule has 0 aliphatic rings. The van der Waals surface area contributed by atoms with Crippen LogP contribution in [0.2, 0.25) is 0 Å². The Hall–Kier alpha value is -4.37. The number of methoxy groups -OCH3 is 3. The van der Waals surface area contributed by atoms with Gasteiger partial charge in [0.15, 0.2) is 5.58 Å². The second-order valence-electron chi connectivity index (χ2n) is 8.04. The molecule has 4 rings (SSSR count). The van der Waals surface area contributed by atoms with Crippen LogP contribution in [0.5, 0.6) is 17.2 Å². The topological polar surface area (TPSA) is 115 Å². The molecule has 2 aromatic heterocycles. The first-order valence-electron chi connectivity index (χ1n) is 11.1. The minimum absolute atomic E-state index is 0.0661. The summed E-state index contributed by atoms with van der Waals surface area (Å²) in [5.41, 5.74) is 3.67. The molecule has 1 amide bonds. The first-order valence-corrected chi connectivity index (χ1v) is 11.1. The molecule has 9 nitrogen and oxygen atoms in total. The molecule has 0 fully saturated rings. The third-order valence-electron chi connectivity index (χ3n) is 5.68. The van der Waals surface area contributed by atoms with E-state index in [2.05, 4.69) is 15.3 Å². The Morgan fingerprint density at radius 2 is 1.81 bits per heavy atom. The van der Waals surface area contributed by atoms with E-state index in [1.807, 2.05) is 19.1 Å². The van der Waals surface area contributed by atoms with Crippen molar-refractivity contribution in [1.82, 2.24) is 4.98 Å². The minimum Gasteiger partial charge on any atom is -0.497 e. The van der Waals surface area contributed by atoms with E-state index in [0.29, 0.717) is 50.8 Å². The number of pyridine rings is 1. The van der Waals surface area contributed by atoms with E-state index in [1.54, 1.807) is 57.7 Å². The van der Waals surface area contributed by atoms with Gasteiger partial charge in [-0.15, -0.1) is 0 Å². The molecule has 0 aliphatic carbocycles. The molecule has 0 aliphatic heterocycles. The third kappa shape index (κ3) is 4.87. The van der Waals surface area contributed by atoms with Crippen LogP contribution in [0.25, 0.3) is 11.0 Å². The predicted molar refractivity (Wildman–Crippen MR) is 135 cm³/mol. The van der Waals surface area contributed by atoms with E-state index in [-0.39, 0.29) is 17.7 Å². The molecule has 9 heteroatoms. The fourth-order valence-corrected chi connectivity index (χ4v) is 3.75. The number of nitrogens with zero attached hydrogens (tertiary/aromatic N) is 2. The third-order valence-corrected chi connectivity index (χ3v) is 5.68. The maximum Gasteiger partial charge on any atom is 0.261 e. The largest absolute Gasteiger partial charge is 0.497 e. The molecule has 186 valence electrons. The van der Waals surface area contributed by atoms with E-state index >= 15 is 0 Å². The number of aromatic nitrogens is 1. The van der Waals surface area contributed by atoms with Crippen molar-refractivity contribution in [3.63, 3.8) is 0 Å². The summed E-state index contributed by atoms with van der Waals surface area (Å²) < 4.78 is 22.3. The number of aliphatic hydroxyl groups is 1.